The molecule has 2 aliphatic rings. The Morgan fingerprint density at radius 2 is 1.95 bits per heavy atom. The topological polar surface area (TPSA) is 29.9 Å². The van der Waals surface area contributed by atoms with E-state index in [1.165, 1.54) is 43.4 Å². The number of aromatic nitrogens is 2. The molecule has 2 aliphatic carbocycles. The summed E-state index contributed by atoms with van der Waals surface area (Å²) in [5, 5.41) is 8.12. The molecule has 0 spiro atoms. The van der Waals surface area contributed by atoms with Gasteiger partial charge < -0.3 is 5.32 Å². The minimum Gasteiger partial charge on any atom is -0.312 e. The first-order chi connectivity index (χ1) is 10.3. The average Bonchev–Trinajstić information content (AvgIpc) is 3.40. The quantitative estimate of drug-likeness (QED) is 0.844. The highest BCUT2D eigenvalue weighted by molar-refractivity contribution is 5.15. The van der Waals surface area contributed by atoms with E-state index in [1.54, 1.807) is 0 Å². The molecule has 0 saturated heterocycles. The molecule has 21 heavy (non-hydrogen) atoms. The first-order valence-corrected chi connectivity index (χ1v) is 8.10. The Kier molecular flexibility index (Phi) is 3.30. The van der Waals surface area contributed by atoms with Gasteiger partial charge in [0.05, 0.1) is 12.7 Å². The zero-order chi connectivity index (χ0) is 14.1. The Balaban J connectivity index is 1.28. The lowest BCUT2D eigenvalue weighted by Gasteiger charge is -2.14. The lowest BCUT2D eigenvalue weighted by molar-refractivity contribution is 0.403. The van der Waals surface area contributed by atoms with Gasteiger partial charge in [-0.05, 0) is 42.6 Å². The maximum atomic E-state index is 4.47. The molecule has 1 aromatic carbocycles. The van der Waals surface area contributed by atoms with Gasteiger partial charge in [0.2, 0.25) is 0 Å². The van der Waals surface area contributed by atoms with Crippen LogP contribution in [-0.4, -0.2) is 16.3 Å². The van der Waals surface area contributed by atoms with Gasteiger partial charge in [-0.3, -0.25) is 4.68 Å². The predicted octanol–water partition coefficient (Wildman–Crippen LogP) is 3.21. The van der Waals surface area contributed by atoms with Crippen molar-refractivity contribution < 1.29 is 0 Å². The molecule has 0 unspecified atom stereocenters. The van der Waals surface area contributed by atoms with Gasteiger partial charge in [-0.1, -0.05) is 30.3 Å². The molecule has 0 atom stereocenters. The van der Waals surface area contributed by atoms with Crippen molar-refractivity contribution in [3.8, 4) is 0 Å². The van der Waals surface area contributed by atoms with Crippen LogP contribution >= 0.6 is 0 Å². The average molecular weight is 281 g/mol. The molecule has 0 bridgehead atoms. The zero-order valence-corrected chi connectivity index (χ0v) is 12.5. The van der Waals surface area contributed by atoms with Crippen LogP contribution in [0.1, 0.15) is 36.8 Å². The van der Waals surface area contributed by atoms with Crippen LogP contribution in [0.3, 0.4) is 0 Å². The smallest absolute Gasteiger partial charge is 0.0659 e. The molecule has 3 heteroatoms. The number of rotatable bonds is 7. The van der Waals surface area contributed by atoms with Crippen LogP contribution in [0.25, 0.3) is 0 Å². The van der Waals surface area contributed by atoms with Crippen molar-refractivity contribution in [1.82, 2.24) is 15.1 Å². The molecule has 2 fully saturated rings. The molecule has 2 saturated carbocycles. The van der Waals surface area contributed by atoms with E-state index in [1.807, 2.05) is 10.9 Å². The molecule has 1 heterocycles. The molecule has 2 aromatic rings. The fraction of sp³-hybridized carbons (Fsp3) is 0.500. The van der Waals surface area contributed by atoms with Gasteiger partial charge in [-0.25, -0.2) is 0 Å². The van der Waals surface area contributed by atoms with Crippen molar-refractivity contribution in [3.05, 3.63) is 53.9 Å². The first-order valence-electron chi connectivity index (χ1n) is 8.10. The summed E-state index contributed by atoms with van der Waals surface area (Å²) in [6, 6.07) is 10.5. The summed E-state index contributed by atoms with van der Waals surface area (Å²) in [5.74, 6) is 1.03. The third kappa shape index (κ3) is 3.03. The van der Waals surface area contributed by atoms with E-state index in [0.717, 1.165) is 19.0 Å². The zero-order valence-electron chi connectivity index (χ0n) is 12.5. The van der Waals surface area contributed by atoms with Gasteiger partial charge in [0.1, 0.15) is 0 Å². The highest BCUT2D eigenvalue weighted by Gasteiger charge is 2.53. The fourth-order valence-electron chi connectivity index (χ4n) is 3.40. The summed E-state index contributed by atoms with van der Waals surface area (Å²) < 4.78 is 2.03. The highest BCUT2D eigenvalue weighted by atomic mass is 15.3. The molecule has 0 radical (unpaired) electrons. The summed E-state index contributed by atoms with van der Waals surface area (Å²) in [6.45, 7) is 3.00. The van der Waals surface area contributed by atoms with Crippen molar-refractivity contribution in [2.75, 3.05) is 6.54 Å². The maximum Gasteiger partial charge on any atom is 0.0659 e. The third-order valence-corrected chi connectivity index (χ3v) is 5.02. The summed E-state index contributed by atoms with van der Waals surface area (Å²) in [7, 11) is 0. The van der Waals surface area contributed by atoms with Crippen LogP contribution < -0.4 is 5.32 Å². The molecule has 1 aromatic heterocycles. The normalized spacial score (nSPS) is 19.6. The van der Waals surface area contributed by atoms with Crippen LogP contribution in [0.4, 0.5) is 0 Å². The molecule has 3 nitrogen and oxygen atoms in total. The van der Waals surface area contributed by atoms with E-state index in [9.17, 15) is 0 Å². The summed E-state index contributed by atoms with van der Waals surface area (Å²) >= 11 is 0. The highest BCUT2D eigenvalue weighted by Crippen LogP contribution is 2.60. The second kappa shape index (κ2) is 5.30. The molecular weight excluding hydrogens is 258 g/mol. The van der Waals surface area contributed by atoms with Gasteiger partial charge in [0.15, 0.2) is 0 Å². The Labute approximate surface area is 126 Å². The molecule has 4 rings (SSSR count). The number of benzene rings is 1. The van der Waals surface area contributed by atoms with E-state index in [-0.39, 0.29) is 0 Å². The third-order valence-electron chi connectivity index (χ3n) is 5.02. The number of nitrogens with one attached hydrogen (secondary N) is 1. The summed E-state index contributed by atoms with van der Waals surface area (Å²) in [6.07, 6.45) is 9.98. The number of nitrogens with zero attached hydrogens (tertiary/aromatic N) is 2. The standard InChI is InChI=1S/C18H23N3/c1-2-4-15(5-3-1)12-21-13-16(11-20-21)10-19-14-18(8-9-18)17-6-7-17/h1-5,11,13,17,19H,6-10,12,14H2. The Morgan fingerprint density at radius 1 is 1.14 bits per heavy atom. The van der Waals surface area contributed by atoms with E-state index < -0.39 is 0 Å². The minimum atomic E-state index is 0.681. The van der Waals surface area contributed by atoms with Gasteiger partial charge >= 0.3 is 0 Å². The molecule has 0 aliphatic heterocycles. The maximum absolute atomic E-state index is 4.47. The van der Waals surface area contributed by atoms with Crippen molar-refractivity contribution in [2.24, 2.45) is 11.3 Å². The molecule has 110 valence electrons. The van der Waals surface area contributed by atoms with E-state index in [0.29, 0.717) is 5.41 Å². The Morgan fingerprint density at radius 3 is 2.67 bits per heavy atom. The molecular formula is C18H23N3. The van der Waals surface area contributed by atoms with Crippen molar-refractivity contribution in [3.63, 3.8) is 0 Å². The van der Waals surface area contributed by atoms with Gasteiger partial charge in [-0.2, -0.15) is 5.10 Å². The molecule has 0 amide bonds. The summed E-state index contributed by atoms with van der Waals surface area (Å²) in [5.41, 5.74) is 3.27. The van der Waals surface area contributed by atoms with Gasteiger partial charge in [0.25, 0.3) is 0 Å². The fourth-order valence-corrected chi connectivity index (χ4v) is 3.40. The molecule has 1 N–H and O–H groups in total. The van der Waals surface area contributed by atoms with Crippen LogP contribution in [0, 0.1) is 11.3 Å². The Bertz CT molecular complexity index is 594. The van der Waals surface area contributed by atoms with Crippen molar-refractivity contribution >= 4 is 0 Å². The van der Waals surface area contributed by atoms with Gasteiger partial charge in [-0.15, -0.1) is 0 Å². The number of hydrogen-bond acceptors (Lipinski definition) is 2. The first kappa shape index (κ1) is 13.1. The van der Waals surface area contributed by atoms with Crippen molar-refractivity contribution in [1.29, 1.82) is 0 Å². The van der Waals surface area contributed by atoms with Crippen LogP contribution in [0.15, 0.2) is 42.7 Å². The lowest BCUT2D eigenvalue weighted by atomic mass is 10.0. The largest absolute Gasteiger partial charge is 0.312 e. The predicted molar refractivity (Wildman–Crippen MR) is 83.9 cm³/mol. The minimum absolute atomic E-state index is 0.681. The lowest BCUT2D eigenvalue weighted by Crippen LogP contribution is -2.24. The monoisotopic (exact) mass is 281 g/mol. The number of hydrogen-bond donors (Lipinski definition) is 1. The SMILES string of the molecule is c1ccc(Cn2cc(CNCC3(C4CC4)CC3)cn2)cc1. The van der Waals surface area contributed by atoms with E-state index in [4.69, 9.17) is 0 Å². The van der Waals surface area contributed by atoms with Crippen LogP contribution in [0.5, 0.6) is 0 Å². The van der Waals surface area contributed by atoms with Crippen LogP contribution in [0.2, 0.25) is 0 Å². The van der Waals surface area contributed by atoms with Gasteiger partial charge in [0, 0.05) is 24.8 Å². The second-order valence-corrected chi connectivity index (χ2v) is 6.77. The van der Waals surface area contributed by atoms with E-state index >= 15 is 0 Å². The van der Waals surface area contributed by atoms with E-state index in [2.05, 4.69) is 46.9 Å². The summed E-state index contributed by atoms with van der Waals surface area (Å²) in [4.78, 5) is 0. The van der Waals surface area contributed by atoms with Crippen molar-refractivity contribution in [2.45, 2.75) is 38.8 Å². The second-order valence-electron chi connectivity index (χ2n) is 6.77. The van der Waals surface area contributed by atoms with Crippen LogP contribution in [-0.2, 0) is 13.1 Å². The Hall–Kier alpha value is -1.61.